The van der Waals surface area contributed by atoms with Crippen molar-refractivity contribution in [2.75, 3.05) is 0 Å². The lowest BCUT2D eigenvalue weighted by Crippen LogP contribution is -2.05. The van der Waals surface area contributed by atoms with Gasteiger partial charge in [-0.05, 0) is 75.8 Å². The normalized spacial score (nSPS) is 14.2. The number of para-hydroxylation sites is 3. The standard InChI is InChI=1S/C38H25NO3S/c40-43(41)22-25-16-18-27(39-34-12-4-1-8-30(34)31-9-2-5-13-35(31)39)21-33(25)28-19-17-24(20-26(28)23-43)29-11-7-15-37-38(29)32-10-3-6-14-36(32)42-37/h1-21H,22-23H2. The van der Waals surface area contributed by atoms with Crippen LogP contribution in [0.15, 0.2) is 132 Å². The fraction of sp³-hybridized carbons (Fsp3) is 0.0526. The van der Waals surface area contributed by atoms with E-state index in [4.69, 9.17) is 4.42 Å². The number of fused-ring (bicyclic) bond motifs is 9. The molecule has 1 aliphatic rings. The van der Waals surface area contributed by atoms with Crippen LogP contribution in [0.2, 0.25) is 0 Å². The highest BCUT2D eigenvalue weighted by atomic mass is 32.2. The van der Waals surface area contributed by atoms with Crippen molar-refractivity contribution in [2.45, 2.75) is 11.5 Å². The van der Waals surface area contributed by atoms with Crippen molar-refractivity contribution in [3.8, 4) is 27.9 Å². The van der Waals surface area contributed by atoms with E-state index >= 15 is 0 Å². The number of furan rings is 1. The van der Waals surface area contributed by atoms with Gasteiger partial charge in [-0.3, -0.25) is 0 Å². The fourth-order valence-corrected chi connectivity index (χ4v) is 8.50. The molecule has 2 aromatic heterocycles. The van der Waals surface area contributed by atoms with Crippen LogP contribution in [0, 0.1) is 0 Å². The van der Waals surface area contributed by atoms with E-state index in [0.29, 0.717) is 0 Å². The molecule has 1 aliphatic heterocycles. The minimum atomic E-state index is -3.37. The summed E-state index contributed by atoms with van der Waals surface area (Å²) in [6, 6.07) is 43.5. The predicted molar refractivity (Wildman–Crippen MR) is 175 cm³/mol. The maximum absolute atomic E-state index is 13.4. The smallest absolute Gasteiger partial charge is 0.158 e. The van der Waals surface area contributed by atoms with Crippen LogP contribution in [-0.4, -0.2) is 13.0 Å². The van der Waals surface area contributed by atoms with E-state index in [-0.39, 0.29) is 11.5 Å². The summed E-state index contributed by atoms with van der Waals surface area (Å²) < 4.78 is 35.3. The first-order valence-corrected chi connectivity index (χ1v) is 16.2. The monoisotopic (exact) mass is 575 g/mol. The van der Waals surface area contributed by atoms with Crippen LogP contribution < -0.4 is 0 Å². The van der Waals surface area contributed by atoms with Gasteiger partial charge >= 0.3 is 0 Å². The minimum Gasteiger partial charge on any atom is -0.456 e. The SMILES string of the molecule is O=S1(=O)Cc2cc(-c3cccc4oc5ccccc5c34)ccc2-c2cc(-n3c4ccccc4c4ccccc43)ccc2C1. The van der Waals surface area contributed by atoms with E-state index in [1.54, 1.807) is 0 Å². The predicted octanol–water partition coefficient (Wildman–Crippen LogP) is 9.45. The Morgan fingerprint density at radius 2 is 1.21 bits per heavy atom. The van der Waals surface area contributed by atoms with Crippen LogP contribution in [0.1, 0.15) is 11.1 Å². The van der Waals surface area contributed by atoms with Crippen molar-refractivity contribution in [1.82, 2.24) is 4.57 Å². The summed E-state index contributed by atoms with van der Waals surface area (Å²) in [4.78, 5) is 0. The van der Waals surface area contributed by atoms with Crippen molar-refractivity contribution in [3.05, 3.63) is 139 Å². The molecule has 0 fully saturated rings. The Bertz CT molecular complexity index is 2480. The van der Waals surface area contributed by atoms with Gasteiger partial charge in [0.15, 0.2) is 9.84 Å². The summed E-state index contributed by atoms with van der Waals surface area (Å²) in [6.07, 6.45) is 0. The second kappa shape index (κ2) is 8.93. The van der Waals surface area contributed by atoms with Gasteiger partial charge in [0.1, 0.15) is 11.2 Å². The van der Waals surface area contributed by atoms with Gasteiger partial charge < -0.3 is 8.98 Å². The summed E-state index contributed by atoms with van der Waals surface area (Å²) in [5, 5.41) is 4.49. The van der Waals surface area contributed by atoms with Crippen molar-refractivity contribution in [2.24, 2.45) is 0 Å². The average molecular weight is 576 g/mol. The maximum Gasteiger partial charge on any atom is 0.158 e. The molecule has 4 nitrogen and oxygen atoms in total. The van der Waals surface area contributed by atoms with Gasteiger partial charge in [-0.25, -0.2) is 8.42 Å². The first-order valence-electron chi connectivity index (χ1n) is 14.4. The second-order valence-electron chi connectivity index (χ2n) is 11.4. The zero-order valence-corrected chi connectivity index (χ0v) is 23.9. The molecular formula is C38H25NO3S. The van der Waals surface area contributed by atoms with E-state index in [1.165, 1.54) is 10.8 Å². The van der Waals surface area contributed by atoms with Crippen molar-refractivity contribution >= 4 is 53.6 Å². The molecule has 9 rings (SSSR count). The van der Waals surface area contributed by atoms with Crippen LogP contribution in [0.5, 0.6) is 0 Å². The van der Waals surface area contributed by atoms with Crippen LogP contribution in [0.25, 0.3) is 71.7 Å². The molecule has 0 radical (unpaired) electrons. The highest BCUT2D eigenvalue weighted by Crippen LogP contribution is 2.41. The van der Waals surface area contributed by atoms with Crippen LogP contribution >= 0.6 is 0 Å². The number of rotatable bonds is 2. The van der Waals surface area contributed by atoms with E-state index in [2.05, 4.69) is 95.6 Å². The van der Waals surface area contributed by atoms with E-state index in [9.17, 15) is 8.42 Å². The number of benzene rings is 6. The molecule has 0 saturated heterocycles. The Morgan fingerprint density at radius 1 is 0.535 bits per heavy atom. The number of aromatic nitrogens is 1. The Hall–Kier alpha value is -5.13. The fourth-order valence-electron chi connectivity index (χ4n) is 6.96. The summed E-state index contributed by atoms with van der Waals surface area (Å²) in [5.41, 5.74) is 10.5. The molecule has 0 saturated carbocycles. The Morgan fingerprint density at radius 3 is 2.00 bits per heavy atom. The minimum absolute atomic E-state index is 0.00230. The largest absolute Gasteiger partial charge is 0.456 e. The van der Waals surface area contributed by atoms with Gasteiger partial charge in [0.25, 0.3) is 0 Å². The molecule has 5 heteroatoms. The molecule has 0 bridgehead atoms. The molecule has 0 atom stereocenters. The van der Waals surface area contributed by atoms with Gasteiger partial charge in [0, 0.05) is 27.2 Å². The lowest BCUT2D eigenvalue weighted by molar-refractivity contribution is 0.595. The van der Waals surface area contributed by atoms with Crippen LogP contribution in [0.3, 0.4) is 0 Å². The Labute approximate surface area is 248 Å². The second-order valence-corrected chi connectivity index (χ2v) is 13.5. The summed E-state index contributed by atoms with van der Waals surface area (Å²) in [5.74, 6) is 0.0133. The molecule has 0 aliphatic carbocycles. The molecule has 206 valence electrons. The number of nitrogens with zero attached hydrogens (tertiary/aromatic N) is 1. The Balaban J connectivity index is 1.27. The molecular weight excluding hydrogens is 550 g/mol. The highest BCUT2D eigenvalue weighted by Gasteiger charge is 2.25. The van der Waals surface area contributed by atoms with Crippen molar-refractivity contribution in [1.29, 1.82) is 0 Å². The maximum atomic E-state index is 13.4. The lowest BCUT2D eigenvalue weighted by atomic mass is 9.92. The highest BCUT2D eigenvalue weighted by molar-refractivity contribution is 7.89. The molecule has 43 heavy (non-hydrogen) atoms. The first kappa shape index (κ1) is 24.5. The molecule has 0 amide bonds. The molecule has 6 aromatic carbocycles. The molecule has 0 N–H and O–H groups in total. The van der Waals surface area contributed by atoms with E-state index in [0.717, 1.165) is 72.0 Å². The number of hydrogen-bond acceptors (Lipinski definition) is 3. The lowest BCUT2D eigenvalue weighted by Gasteiger charge is -2.15. The van der Waals surface area contributed by atoms with E-state index in [1.807, 2.05) is 36.4 Å². The van der Waals surface area contributed by atoms with Gasteiger partial charge in [0.05, 0.1) is 22.5 Å². The number of hydrogen-bond donors (Lipinski definition) is 0. The van der Waals surface area contributed by atoms with Gasteiger partial charge in [0.2, 0.25) is 0 Å². The van der Waals surface area contributed by atoms with Crippen LogP contribution in [-0.2, 0) is 21.3 Å². The van der Waals surface area contributed by atoms with Crippen molar-refractivity contribution < 1.29 is 12.8 Å². The zero-order chi connectivity index (χ0) is 28.7. The molecule has 0 spiro atoms. The quantitative estimate of drug-likeness (QED) is 0.206. The number of sulfone groups is 1. The third-order valence-corrected chi connectivity index (χ3v) is 10.3. The topological polar surface area (TPSA) is 52.2 Å². The van der Waals surface area contributed by atoms with Crippen LogP contribution in [0.4, 0.5) is 0 Å². The molecule has 8 aromatic rings. The van der Waals surface area contributed by atoms with Gasteiger partial charge in [-0.2, -0.15) is 0 Å². The summed E-state index contributed by atoms with van der Waals surface area (Å²) in [7, 11) is -3.37. The Kier molecular flexibility index (Phi) is 5.08. The summed E-state index contributed by atoms with van der Waals surface area (Å²) >= 11 is 0. The zero-order valence-electron chi connectivity index (χ0n) is 23.1. The van der Waals surface area contributed by atoms with Crippen molar-refractivity contribution in [3.63, 3.8) is 0 Å². The van der Waals surface area contributed by atoms with E-state index < -0.39 is 9.84 Å². The average Bonchev–Trinajstić information content (AvgIpc) is 3.54. The van der Waals surface area contributed by atoms with Gasteiger partial charge in [-0.1, -0.05) is 84.9 Å². The molecule has 3 heterocycles. The first-order chi connectivity index (χ1) is 21.0. The molecule has 0 unspecified atom stereocenters. The third-order valence-electron chi connectivity index (χ3n) is 8.79. The summed E-state index contributed by atoms with van der Waals surface area (Å²) in [6.45, 7) is 0. The third kappa shape index (κ3) is 3.71. The van der Waals surface area contributed by atoms with Gasteiger partial charge in [-0.15, -0.1) is 0 Å².